The van der Waals surface area contributed by atoms with E-state index in [4.69, 9.17) is 13.9 Å². The number of rotatable bonds is 5. The molecule has 2 aromatic rings. The number of nitrogens with zero attached hydrogens (tertiary/aromatic N) is 1. The number of hydrogen-bond donors (Lipinski definition) is 1. The first-order valence-electron chi connectivity index (χ1n) is 5.95. The maximum atomic E-state index is 11.7. The summed E-state index contributed by atoms with van der Waals surface area (Å²) < 4.78 is 16.0. The van der Waals surface area contributed by atoms with E-state index in [0.717, 1.165) is 0 Å². The van der Waals surface area contributed by atoms with Crippen LogP contribution in [0.4, 0.5) is 0 Å². The molecular formula is C14H13BrN2O4. The Hall–Kier alpha value is -2.28. The second kappa shape index (κ2) is 6.94. The van der Waals surface area contributed by atoms with Crippen molar-refractivity contribution in [2.24, 2.45) is 5.10 Å². The zero-order valence-electron chi connectivity index (χ0n) is 11.4. The zero-order chi connectivity index (χ0) is 15.2. The summed E-state index contributed by atoms with van der Waals surface area (Å²) in [5, 5.41) is 3.88. The van der Waals surface area contributed by atoms with Crippen LogP contribution in [-0.4, -0.2) is 26.3 Å². The van der Waals surface area contributed by atoms with Crippen LogP contribution < -0.4 is 14.9 Å². The van der Waals surface area contributed by atoms with Gasteiger partial charge in [-0.1, -0.05) is 6.07 Å². The first-order chi connectivity index (χ1) is 10.2. The molecule has 0 fully saturated rings. The molecule has 0 saturated heterocycles. The lowest BCUT2D eigenvalue weighted by molar-refractivity contribution is 0.0926. The van der Waals surface area contributed by atoms with Crippen LogP contribution in [0.15, 0.2) is 44.5 Å². The van der Waals surface area contributed by atoms with E-state index in [1.54, 1.807) is 37.4 Å². The standard InChI is InChI=1S/C14H13BrN2O4/c1-19-10-5-3-4-9(13(10)20-2)8-16-17-14(18)11-6-7-12(15)21-11/h3-8H,1-2H3,(H,17,18). The number of hydrogen-bond acceptors (Lipinski definition) is 5. The molecule has 1 aromatic carbocycles. The molecule has 0 bridgehead atoms. The predicted octanol–water partition coefficient (Wildman–Crippen LogP) is 2.82. The monoisotopic (exact) mass is 352 g/mol. The number of hydrazone groups is 1. The van der Waals surface area contributed by atoms with Crippen LogP contribution >= 0.6 is 15.9 Å². The van der Waals surface area contributed by atoms with Crippen molar-refractivity contribution in [3.8, 4) is 11.5 Å². The molecule has 21 heavy (non-hydrogen) atoms. The molecule has 1 amide bonds. The summed E-state index contributed by atoms with van der Waals surface area (Å²) in [6.45, 7) is 0. The number of benzene rings is 1. The Balaban J connectivity index is 2.09. The van der Waals surface area contributed by atoms with Gasteiger partial charge >= 0.3 is 5.91 Å². The number of halogens is 1. The van der Waals surface area contributed by atoms with Crippen LogP contribution in [-0.2, 0) is 0 Å². The van der Waals surface area contributed by atoms with Crippen molar-refractivity contribution in [2.75, 3.05) is 14.2 Å². The summed E-state index contributed by atoms with van der Waals surface area (Å²) in [5.41, 5.74) is 3.05. The molecule has 0 atom stereocenters. The molecule has 0 spiro atoms. The lowest BCUT2D eigenvalue weighted by atomic mass is 10.2. The van der Waals surface area contributed by atoms with E-state index in [2.05, 4.69) is 26.5 Å². The van der Waals surface area contributed by atoms with Gasteiger partial charge in [0.05, 0.1) is 20.4 Å². The fourth-order valence-electron chi connectivity index (χ4n) is 1.67. The van der Waals surface area contributed by atoms with Crippen molar-refractivity contribution in [2.45, 2.75) is 0 Å². The number of carbonyl (C=O) groups excluding carboxylic acids is 1. The summed E-state index contributed by atoms with van der Waals surface area (Å²) in [4.78, 5) is 11.7. The molecule has 1 heterocycles. The van der Waals surface area contributed by atoms with Crippen molar-refractivity contribution in [1.82, 2.24) is 5.43 Å². The highest BCUT2D eigenvalue weighted by atomic mass is 79.9. The number of carbonyl (C=O) groups is 1. The van der Waals surface area contributed by atoms with E-state index in [9.17, 15) is 4.79 Å². The number of amides is 1. The van der Waals surface area contributed by atoms with E-state index < -0.39 is 5.91 Å². The van der Waals surface area contributed by atoms with Crippen LogP contribution in [0.5, 0.6) is 11.5 Å². The summed E-state index contributed by atoms with van der Waals surface area (Å²) in [6, 6.07) is 8.54. The fraction of sp³-hybridized carbons (Fsp3) is 0.143. The van der Waals surface area contributed by atoms with E-state index in [1.807, 2.05) is 0 Å². The molecule has 0 aliphatic carbocycles. The number of methoxy groups -OCH3 is 2. The van der Waals surface area contributed by atoms with E-state index in [1.165, 1.54) is 13.3 Å². The highest BCUT2D eigenvalue weighted by molar-refractivity contribution is 9.10. The average molecular weight is 353 g/mol. The Morgan fingerprint density at radius 1 is 1.29 bits per heavy atom. The lowest BCUT2D eigenvalue weighted by Gasteiger charge is -2.09. The van der Waals surface area contributed by atoms with Crippen LogP contribution in [0.1, 0.15) is 16.1 Å². The number of nitrogens with one attached hydrogen (secondary N) is 1. The second-order valence-corrected chi connectivity index (χ2v) is 4.67. The maximum Gasteiger partial charge on any atom is 0.307 e. The number of furan rings is 1. The van der Waals surface area contributed by atoms with Gasteiger partial charge < -0.3 is 13.9 Å². The quantitative estimate of drug-likeness (QED) is 0.663. The third-order valence-corrected chi connectivity index (χ3v) is 3.03. The molecule has 0 radical (unpaired) electrons. The first kappa shape index (κ1) is 15.1. The molecule has 2 rings (SSSR count). The van der Waals surface area contributed by atoms with Crippen LogP contribution in [0.25, 0.3) is 0 Å². The summed E-state index contributed by atoms with van der Waals surface area (Å²) in [5.74, 6) is 0.844. The van der Waals surface area contributed by atoms with Crippen LogP contribution in [0.2, 0.25) is 0 Å². The zero-order valence-corrected chi connectivity index (χ0v) is 13.0. The molecule has 6 nitrogen and oxygen atoms in total. The topological polar surface area (TPSA) is 73.1 Å². The Bertz CT molecular complexity index is 667. The highest BCUT2D eigenvalue weighted by Gasteiger charge is 2.10. The van der Waals surface area contributed by atoms with Gasteiger partial charge in [0.1, 0.15) is 0 Å². The molecule has 1 aromatic heterocycles. The lowest BCUT2D eigenvalue weighted by Crippen LogP contribution is -2.16. The largest absolute Gasteiger partial charge is 0.493 e. The van der Waals surface area contributed by atoms with Gasteiger partial charge in [-0.3, -0.25) is 4.79 Å². The Morgan fingerprint density at radius 2 is 2.10 bits per heavy atom. The minimum Gasteiger partial charge on any atom is -0.493 e. The van der Waals surface area contributed by atoms with Crippen LogP contribution in [0.3, 0.4) is 0 Å². The SMILES string of the molecule is COc1cccc(C=NNC(=O)c2ccc(Br)o2)c1OC. The fourth-order valence-corrected chi connectivity index (χ4v) is 1.97. The predicted molar refractivity (Wildman–Crippen MR) is 81.0 cm³/mol. The van der Waals surface area contributed by atoms with Crippen molar-refractivity contribution < 1.29 is 18.7 Å². The molecule has 0 aliphatic rings. The summed E-state index contributed by atoms with van der Waals surface area (Å²) >= 11 is 3.12. The van der Waals surface area contributed by atoms with Gasteiger partial charge in [-0.2, -0.15) is 5.10 Å². The van der Waals surface area contributed by atoms with Gasteiger partial charge in [0, 0.05) is 5.56 Å². The smallest absolute Gasteiger partial charge is 0.307 e. The van der Waals surface area contributed by atoms with Gasteiger partial charge in [0.15, 0.2) is 21.9 Å². The van der Waals surface area contributed by atoms with E-state index in [0.29, 0.717) is 21.7 Å². The van der Waals surface area contributed by atoms with Crippen LogP contribution in [0, 0.1) is 0 Å². The van der Waals surface area contributed by atoms with Gasteiger partial charge in [0.2, 0.25) is 0 Å². The Morgan fingerprint density at radius 3 is 2.71 bits per heavy atom. The van der Waals surface area contributed by atoms with Gasteiger partial charge in [-0.15, -0.1) is 0 Å². The molecule has 1 N–H and O–H groups in total. The first-order valence-corrected chi connectivity index (χ1v) is 6.74. The van der Waals surface area contributed by atoms with Crippen molar-refractivity contribution in [1.29, 1.82) is 0 Å². The molecule has 0 aliphatic heterocycles. The average Bonchev–Trinajstić information content (AvgIpc) is 2.93. The molecular weight excluding hydrogens is 340 g/mol. The number of para-hydroxylation sites is 1. The third-order valence-electron chi connectivity index (χ3n) is 2.60. The molecule has 110 valence electrons. The molecule has 0 unspecified atom stereocenters. The normalized spacial score (nSPS) is 10.6. The minimum absolute atomic E-state index is 0.164. The third kappa shape index (κ3) is 3.63. The van der Waals surface area contributed by atoms with Gasteiger partial charge in [-0.25, -0.2) is 5.43 Å². The number of ether oxygens (including phenoxy) is 2. The van der Waals surface area contributed by atoms with E-state index in [-0.39, 0.29) is 5.76 Å². The highest BCUT2D eigenvalue weighted by Crippen LogP contribution is 2.29. The maximum absolute atomic E-state index is 11.7. The van der Waals surface area contributed by atoms with E-state index >= 15 is 0 Å². The minimum atomic E-state index is -0.446. The van der Waals surface area contributed by atoms with Gasteiger partial charge in [0.25, 0.3) is 0 Å². The molecule has 0 saturated carbocycles. The Labute approximate surface area is 129 Å². The summed E-state index contributed by atoms with van der Waals surface area (Å²) in [6.07, 6.45) is 1.47. The second-order valence-electron chi connectivity index (χ2n) is 3.89. The molecule has 7 heteroatoms. The summed E-state index contributed by atoms with van der Waals surface area (Å²) in [7, 11) is 3.09. The van der Waals surface area contributed by atoms with Crippen molar-refractivity contribution >= 4 is 28.1 Å². The van der Waals surface area contributed by atoms with Gasteiger partial charge in [-0.05, 0) is 40.2 Å². The van der Waals surface area contributed by atoms with Crippen molar-refractivity contribution in [3.05, 3.63) is 46.3 Å². The van der Waals surface area contributed by atoms with Crippen molar-refractivity contribution in [3.63, 3.8) is 0 Å². The Kier molecular flexibility index (Phi) is 4.99.